The van der Waals surface area contributed by atoms with Gasteiger partial charge in [0, 0.05) is 44.7 Å². The molecular formula is C11H17N3O. The highest BCUT2D eigenvalue weighted by molar-refractivity contribution is 5.53. The fourth-order valence-electron chi connectivity index (χ4n) is 1.76. The van der Waals surface area contributed by atoms with E-state index in [1.54, 1.807) is 0 Å². The Hall–Kier alpha value is -1.29. The highest BCUT2D eigenvalue weighted by atomic mass is 16.5. The van der Waals surface area contributed by atoms with Crippen molar-refractivity contribution in [3.63, 3.8) is 0 Å². The van der Waals surface area contributed by atoms with Gasteiger partial charge < -0.3 is 15.0 Å². The molecule has 0 aromatic carbocycles. The topological polar surface area (TPSA) is 37.4 Å². The molecule has 0 atom stereocenters. The molecule has 0 aliphatic carbocycles. The van der Waals surface area contributed by atoms with Gasteiger partial charge in [-0.05, 0) is 12.5 Å². The lowest BCUT2D eigenvalue weighted by molar-refractivity contribution is 0.152. The summed E-state index contributed by atoms with van der Waals surface area (Å²) in [5.41, 5.74) is 1.22. The quantitative estimate of drug-likeness (QED) is 0.794. The number of hydrogen-bond donors (Lipinski definition) is 1. The molecule has 0 unspecified atom stereocenters. The lowest BCUT2D eigenvalue weighted by Crippen LogP contribution is -2.25. The number of pyridine rings is 1. The zero-order valence-corrected chi connectivity index (χ0v) is 9.07. The van der Waals surface area contributed by atoms with Crippen LogP contribution in [0.25, 0.3) is 0 Å². The van der Waals surface area contributed by atoms with Gasteiger partial charge in [0.2, 0.25) is 0 Å². The molecule has 2 heterocycles. The van der Waals surface area contributed by atoms with Crippen LogP contribution in [0.3, 0.4) is 0 Å². The summed E-state index contributed by atoms with van der Waals surface area (Å²) in [5.74, 6) is 0.915. The van der Waals surface area contributed by atoms with E-state index in [0.29, 0.717) is 0 Å². The van der Waals surface area contributed by atoms with Crippen LogP contribution >= 0.6 is 0 Å². The minimum absolute atomic E-state index is 0.817. The van der Waals surface area contributed by atoms with E-state index in [1.807, 2.05) is 19.3 Å². The number of anilines is 2. The van der Waals surface area contributed by atoms with E-state index in [9.17, 15) is 0 Å². The highest BCUT2D eigenvalue weighted by Gasteiger charge is 2.10. The Kier molecular flexibility index (Phi) is 3.40. The summed E-state index contributed by atoms with van der Waals surface area (Å²) in [7, 11) is 1.89. The molecule has 0 bridgehead atoms. The third-order valence-electron chi connectivity index (χ3n) is 2.59. The van der Waals surface area contributed by atoms with Crippen molar-refractivity contribution in [3.8, 4) is 0 Å². The van der Waals surface area contributed by atoms with E-state index in [1.165, 1.54) is 5.69 Å². The molecule has 1 aromatic rings. The summed E-state index contributed by atoms with van der Waals surface area (Å²) in [6.07, 6.45) is 2.93. The molecule has 1 aliphatic heterocycles. The van der Waals surface area contributed by atoms with Gasteiger partial charge in [-0.1, -0.05) is 0 Å². The van der Waals surface area contributed by atoms with Crippen LogP contribution in [-0.2, 0) is 4.74 Å². The van der Waals surface area contributed by atoms with Gasteiger partial charge in [0.25, 0.3) is 0 Å². The zero-order valence-electron chi connectivity index (χ0n) is 9.07. The summed E-state index contributed by atoms with van der Waals surface area (Å²) in [6, 6.07) is 4.12. The van der Waals surface area contributed by atoms with E-state index in [2.05, 4.69) is 21.3 Å². The number of aromatic nitrogens is 1. The first-order chi connectivity index (χ1) is 7.40. The van der Waals surface area contributed by atoms with E-state index < -0.39 is 0 Å². The van der Waals surface area contributed by atoms with Gasteiger partial charge in [0.1, 0.15) is 5.82 Å². The van der Waals surface area contributed by atoms with Crippen LogP contribution in [0.2, 0.25) is 0 Å². The fourth-order valence-corrected chi connectivity index (χ4v) is 1.76. The van der Waals surface area contributed by atoms with Gasteiger partial charge >= 0.3 is 0 Å². The maximum Gasteiger partial charge on any atom is 0.127 e. The van der Waals surface area contributed by atoms with Crippen LogP contribution in [0.4, 0.5) is 11.5 Å². The van der Waals surface area contributed by atoms with Crippen LogP contribution < -0.4 is 10.2 Å². The van der Waals surface area contributed by atoms with E-state index >= 15 is 0 Å². The minimum Gasteiger partial charge on any atom is -0.380 e. The Morgan fingerprint density at radius 3 is 3.20 bits per heavy atom. The molecule has 15 heavy (non-hydrogen) atoms. The standard InChI is InChI=1S/C11H17N3O/c1-12-11-9-10(3-4-13-11)14-5-2-7-15-8-6-14/h3-4,9H,2,5-8H2,1H3,(H,12,13). The van der Waals surface area contributed by atoms with Crippen molar-refractivity contribution >= 4 is 11.5 Å². The summed E-state index contributed by atoms with van der Waals surface area (Å²) in [6.45, 7) is 3.72. The Morgan fingerprint density at radius 2 is 2.33 bits per heavy atom. The van der Waals surface area contributed by atoms with Crippen molar-refractivity contribution < 1.29 is 4.74 Å². The molecule has 82 valence electrons. The van der Waals surface area contributed by atoms with Gasteiger partial charge in [-0.25, -0.2) is 4.98 Å². The number of ether oxygens (including phenoxy) is 1. The predicted octanol–water partition coefficient (Wildman–Crippen LogP) is 1.35. The molecular weight excluding hydrogens is 190 g/mol. The molecule has 4 heteroatoms. The molecule has 0 spiro atoms. The van der Waals surface area contributed by atoms with Crippen molar-refractivity contribution in [1.82, 2.24) is 4.98 Å². The average Bonchev–Trinajstić information content (AvgIpc) is 2.58. The first-order valence-electron chi connectivity index (χ1n) is 5.36. The van der Waals surface area contributed by atoms with E-state index in [-0.39, 0.29) is 0 Å². The third-order valence-corrected chi connectivity index (χ3v) is 2.59. The van der Waals surface area contributed by atoms with Crippen molar-refractivity contribution in [3.05, 3.63) is 18.3 Å². The first-order valence-corrected chi connectivity index (χ1v) is 5.36. The second-order valence-corrected chi connectivity index (χ2v) is 3.60. The lowest BCUT2D eigenvalue weighted by atomic mass is 10.3. The lowest BCUT2D eigenvalue weighted by Gasteiger charge is -2.22. The average molecular weight is 207 g/mol. The predicted molar refractivity (Wildman–Crippen MR) is 61.4 cm³/mol. The number of hydrogen-bond acceptors (Lipinski definition) is 4. The van der Waals surface area contributed by atoms with Crippen molar-refractivity contribution in [2.75, 3.05) is 43.6 Å². The highest BCUT2D eigenvalue weighted by Crippen LogP contribution is 2.18. The largest absolute Gasteiger partial charge is 0.380 e. The van der Waals surface area contributed by atoms with Gasteiger partial charge in [-0.15, -0.1) is 0 Å². The second-order valence-electron chi connectivity index (χ2n) is 3.60. The zero-order chi connectivity index (χ0) is 10.5. The van der Waals surface area contributed by atoms with Gasteiger partial charge in [-0.2, -0.15) is 0 Å². The number of nitrogens with one attached hydrogen (secondary N) is 1. The van der Waals surface area contributed by atoms with Crippen LogP contribution in [-0.4, -0.2) is 38.3 Å². The van der Waals surface area contributed by atoms with Crippen LogP contribution in [0, 0.1) is 0 Å². The molecule has 1 aliphatic rings. The molecule has 4 nitrogen and oxygen atoms in total. The molecule has 1 saturated heterocycles. The molecule has 1 fully saturated rings. The molecule has 2 rings (SSSR count). The van der Waals surface area contributed by atoms with Crippen molar-refractivity contribution in [1.29, 1.82) is 0 Å². The van der Waals surface area contributed by atoms with Gasteiger partial charge in [0.15, 0.2) is 0 Å². The number of nitrogens with zero attached hydrogens (tertiary/aromatic N) is 2. The normalized spacial score (nSPS) is 17.3. The van der Waals surface area contributed by atoms with Crippen molar-refractivity contribution in [2.24, 2.45) is 0 Å². The molecule has 1 aromatic heterocycles. The molecule has 0 amide bonds. The summed E-state index contributed by atoms with van der Waals surface area (Å²) in [4.78, 5) is 6.55. The maximum atomic E-state index is 5.43. The summed E-state index contributed by atoms with van der Waals surface area (Å²) < 4.78 is 5.43. The molecule has 0 radical (unpaired) electrons. The second kappa shape index (κ2) is 4.98. The minimum atomic E-state index is 0.817. The summed E-state index contributed by atoms with van der Waals surface area (Å²) >= 11 is 0. The monoisotopic (exact) mass is 207 g/mol. The van der Waals surface area contributed by atoms with Gasteiger partial charge in [0.05, 0.1) is 6.61 Å². The Morgan fingerprint density at radius 1 is 1.40 bits per heavy atom. The Labute approximate surface area is 90.3 Å². The smallest absolute Gasteiger partial charge is 0.127 e. The number of rotatable bonds is 2. The Balaban J connectivity index is 2.12. The summed E-state index contributed by atoms with van der Waals surface area (Å²) in [5, 5.41) is 3.05. The first kappa shape index (κ1) is 10.2. The van der Waals surface area contributed by atoms with Crippen LogP contribution in [0.5, 0.6) is 0 Å². The SMILES string of the molecule is CNc1cc(N2CCCOCC2)ccn1. The Bertz CT molecular complexity index is 308. The molecule has 0 saturated carbocycles. The van der Waals surface area contributed by atoms with Crippen LogP contribution in [0.1, 0.15) is 6.42 Å². The maximum absolute atomic E-state index is 5.43. The van der Waals surface area contributed by atoms with Crippen LogP contribution in [0.15, 0.2) is 18.3 Å². The molecule has 1 N–H and O–H groups in total. The fraction of sp³-hybridized carbons (Fsp3) is 0.545. The van der Waals surface area contributed by atoms with E-state index in [4.69, 9.17) is 4.74 Å². The third kappa shape index (κ3) is 2.59. The van der Waals surface area contributed by atoms with Gasteiger partial charge in [-0.3, -0.25) is 0 Å². The van der Waals surface area contributed by atoms with Crippen molar-refractivity contribution in [2.45, 2.75) is 6.42 Å². The van der Waals surface area contributed by atoms with E-state index in [0.717, 1.165) is 38.5 Å².